The van der Waals surface area contributed by atoms with Crippen molar-refractivity contribution in [3.8, 4) is 11.5 Å². The number of nitrogens with zero attached hydrogens (tertiary/aromatic N) is 2. The number of anilines is 1. The molecule has 0 saturated heterocycles. The van der Waals surface area contributed by atoms with Crippen molar-refractivity contribution < 1.29 is 24.5 Å². The van der Waals surface area contributed by atoms with Crippen molar-refractivity contribution in [2.24, 2.45) is 0 Å². The van der Waals surface area contributed by atoms with Gasteiger partial charge in [0.15, 0.2) is 0 Å². The summed E-state index contributed by atoms with van der Waals surface area (Å²) in [7, 11) is 0. The van der Waals surface area contributed by atoms with Gasteiger partial charge in [0.2, 0.25) is 5.36 Å². The van der Waals surface area contributed by atoms with E-state index in [2.05, 4.69) is 21.6 Å². The van der Waals surface area contributed by atoms with E-state index >= 15 is 0 Å². The number of carbonyl (C=O) groups is 2. The Bertz CT molecular complexity index is 1800. The number of hydrogen-bond donors (Lipinski definition) is 2. The molecule has 0 saturated carbocycles. The summed E-state index contributed by atoms with van der Waals surface area (Å²) >= 11 is 0. The molecule has 0 aromatic heterocycles. The number of fused-ring (bicyclic) bond motifs is 4. The SMILES string of the molecule is O=C(O)c1ccc(C(=O)O)c(C2=c3cc4c5c(c3Oc3c2cc2c6c3CCCN6CCC2)CCC[N+]=5CCC4)c1. The van der Waals surface area contributed by atoms with Crippen LogP contribution in [-0.4, -0.2) is 48.3 Å². The molecule has 0 unspecified atom stereocenters. The van der Waals surface area contributed by atoms with Crippen LogP contribution in [0.4, 0.5) is 5.69 Å². The highest BCUT2D eigenvalue weighted by molar-refractivity contribution is 6.01. The maximum Gasteiger partial charge on any atom is 0.336 e. The molecule has 7 nitrogen and oxygen atoms in total. The molecule has 3 aromatic carbocycles. The van der Waals surface area contributed by atoms with Crippen molar-refractivity contribution in [2.45, 2.75) is 51.4 Å². The highest BCUT2D eigenvalue weighted by atomic mass is 16.5. The molecule has 0 radical (unpaired) electrons. The first-order chi connectivity index (χ1) is 19.5. The van der Waals surface area contributed by atoms with E-state index in [1.165, 1.54) is 45.4 Å². The zero-order valence-electron chi connectivity index (χ0n) is 22.4. The van der Waals surface area contributed by atoms with Crippen molar-refractivity contribution in [1.29, 1.82) is 0 Å². The van der Waals surface area contributed by atoms with Crippen molar-refractivity contribution >= 4 is 23.2 Å². The molecule has 5 aliphatic rings. The third kappa shape index (κ3) is 3.33. The second kappa shape index (κ2) is 8.68. The zero-order valence-corrected chi connectivity index (χ0v) is 22.4. The summed E-state index contributed by atoms with van der Waals surface area (Å²) in [6.45, 7) is 4.18. The Balaban J connectivity index is 1.55. The Hall–Kier alpha value is -4.13. The minimum Gasteiger partial charge on any atom is -0.478 e. The van der Waals surface area contributed by atoms with Crippen molar-refractivity contribution in [3.63, 3.8) is 0 Å². The van der Waals surface area contributed by atoms with Gasteiger partial charge in [0.1, 0.15) is 24.6 Å². The van der Waals surface area contributed by atoms with Crippen LogP contribution in [0, 0.1) is 0 Å². The molecular weight excluding hydrogens is 504 g/mol. The minimum absolute atomic E-state index is 0.0815. The van der Waals surface area contributed by atoms with E-state index in [1.54, 1.807) is 6.07 Å². The van der Waals surface area contributed by atoms with E-state index in [9.17, 15) is 19.8 Å². The van der Waals surface area contributed by atoms with Crippen LogP contribution >= 0.6 is 0 Å². The number of benzene rings is 3. The van der Waals surface area contributed by atoms with Gasteiger partial charge in [-0.3, -0.25) is 0 Å². The molecule has 202 valence electrons. The highest BCUT2D eigenvalue weighted by Crippen LogP contribution is 2.48. The lowest BCUT2D eigenvalue weighted by molar-refractivity contribution is 0.0681. The molecule has 0 atom stereocenters. The van der Waals surface area contributed by atoms with E-state index < -0.39 is 11.9 Å². The summed E-state index contributed by atoms with van der Waals surface area (Å²) in [5, 5.41) is 22.4. The van der Waals surface area contributed by atoms with E-state index in [1.807, 2.05) is 0 Å². The van der Waals surface area contributed by atoms with Gasteiger partial charge in [0.05, 0.1) is 16.7 Å². The predicted octanol–water partition coefficient (Wildman–Crippen LogP) is 3.52. The van der Waals surface area contributed by atoms with Gasteiger partial charge < -0.3 is 19.8 Å². The fraction of sp³-hybridized carbons (Fsp3) is 0.364. The Labute approximate surface area is 231 Å². The lowest BCUT2D eigenvalue weighted by Gasteiger charge is -2.39. The topological polar surface area (TPSA) is 90.1 Å². The largest absolute Gasteiger partial charge is 0.478 e. The number of carboxylic acid groups (broad SMARTS) is 2. The molecule has 40 heavy (non-hydrogen) atoms. The standard InChI is InChI=1S/C33H30N2O5/c36-32(37)20-9-10-21(33(38)39)24(17-20)27-25-15-18-5-1-11-34-13-3-7-22(28(18)34)30(25)40-31-23-8-4-14-35-12-2-6-19(29(23)35)16-26(27)31/h9-10,15-17H,1-8,11-14H2,(H-,36,37,38,39)/p+1. The van der Waals surface area contributed by atoms with Gasteiger partial charge in [-0.1, -0.05) is 0 Å². The van der Waals surface area contributed by atoms with E-state index in [0.29, 0.717) is 5.56 Å². The molecule has 7 heteroatoms. The molecule has 5 heterocycles. The predicted molar refractivity (Wildman–Crippen MR) is 151 cm³/mol. The molecule has 0 aliphatic carbocycles. The summed E-state index contributed by atoms with van der Waals surface area (Å²) in [5.74, 6) is -0.480. The zero-order chi connectivity index (χ0) is 27.1. The highest BCUT2D eigenvalue weighted by Gasteiger charge is 2.36. The van der Waals surface area contributed by atoms with E-state index in [-0.39, 0.29) is 11.1 Å². The molecule has 0 bridgehead atoms. The summed E-state index contributed by atoms with van der Waals surface area (Å²) in [6, 6.07) is 8.80. The fourth-order valence-electron chi connectivity index (χ4n) is 7.87. The number of rotatable bonds is 3. The van der Waals surface area contributed by atoms with Gasteiger partial charge in [-0.05, 0) is 80.0 Å². The Morgan fingerprint density at radius 1 is 0.775 bits per heavy atom. The van der Waals surface area contributed by atoms with Crippen LogP contribution < -0.4 is 24.8 Å². The summed E-state index contributed by atoms with van der Waals surface area (Å²) < 4.78 is 9.50. The average Bonchev–Trinajstić information content (AvgIpc) is 2.96. The van der Waals surface area contributed by atoms with Crippen molar-refractivity contribution in [2.75, 3.05) is 31.1 Å². The van der Waals surface area contributed by atoms with Crippen LogP contribution in [0.5, 0.6) is 11.5 Å². The molecule has 5 aliphatic heterocycles. The third-order valence-electron chi connectivity index (χ3n) is 9.45. The summed E-state index contributed by atoms with van der Waals surface area (Å²) in [4.78, 5) is 27.2. The monoisotopic (exact) mass is 535 g/mol. The second-order valence-electron chi connectivity index (χ2n) is 11.7. The van der Waals surface area contributed by atoms with Gasteiger partial charge in [-0.2, -0.15) is 0 Å². The Morgan fingerprint density at radius 3 is 2.33 bits per heavy atom. The number of carboxylic acids is 2. The van der Waals surface area contributed by atoms with Crippen LogP contribution in [-0.2, 0) is 25.7 Å². The van der Waals surface area contributed by atoms with Gasteiger partial charge in [0.25, 0.3) is 0 Å². The molecule has 0 spiro atoms. The lowest BCUT2D eigenvalue weighted by Crippen LogP contribution is -2.45. The first-order valence-corrected chi connectivity index (χ1v) is 14.5. The smallest absolute Gasteiger partial charge is 0.336 e. The molecule has 0 fully saturated rings. The van der Waals surface area contributed by atoms with Crippen molar-refractivity contribution in [1.82, 2.24) is 4.58 Å². The lowest BCUT2D eigenvalue weighted by atomic mass is 9.81. The van der Waals surface area contributed by atoms with Crippen LogP contribution in [0.3, 0.4) is 0 Å². The average molecular weight is 536 g/mol. The number of aryl methyl sites for hydroxylation is 2. The maximum atomic E-state index is 12.6. The molecule has 8 rings (SSSR count). The Kier molecular flexibility index (Phi) is 5.15. The van der Waals surface area contributed by atoms with Gasteiger partial charge in [-0.25, -0.2) is 14.2 Å². The van der Waals surface area contributed by atoms with E-state index in [4.69, 9.17) is 4.74 Å². The first-order valence-electron chi connectivity index (χ1n) is 14.5. The Morgan fingerprint density at radius 2 is 1.52 bits per heavy atom. The quantitative estimate of drug-likeness (QED) is 0.391. The molecule has 0 amide bonds. The number of aromatic carboxylic acids is 2. The fourth-order valence-corrected chi connectivity index (χ4v) is 7.87. The van der Waals surface area contributed by atoms with E-state index in [0.717, 1.165) is 105 Å². The van der Waals surface area contributed by atoms with Crippen LogP contribution in [0.15, 0.2) is 30.3 Å². The van der Waals surface area contributed by atoms with Crippen LogP contribution in [0.1, 0.15) is 79.8 Å². The molecule has 3 aromatic rings. The van der Waals surface area contributed by atoms with Gasteiger partial charge in [0, 0.05) is 59.1 Å². The number of hydrogen-bond acceptors (Lipinski definition) is 4. The first kappa shape index (κ1) is 23.7. The van der Waals surface area contributed by atoms with Crippen molar-refractivity contribution in [3.05, 3.63) is 85.4 Å². The number of ether oxygens (including phenoxy) is 1. The van der Waals surface area contributed by atoms with Crippen LogP contribution in [0.2, 0.25) is 0 Å². The van der Waals surface area contributed by atoms with Crippen LogP contribution in [0.25, 0.3) is 5.57 Å². The summed E-state index contributed by atoms with van der Waals surface area (Å²) in [6.07, 6.45) is 8.04. The minimum atomic E-state index is -1.07. The third-order valence-corrected chi connectivity index (χ3v) is 9.45. The summed E-state index contributed by atoms with van der Waals surface area (Å²) in [5.41, 5.74) is 8.61. The molecular formula is C33H31N2O5+. The maximum absolute atomic E-state index is 12.6. The second-order valence-corrected chi connectivity index (χ2v) is 11.7. The normalized spacial score (nSPS) is 18.2. The molecule has 2 N–H and O–H groups in total. The van der Waals surface area contributed by atoms with Gasteiger partial charge in [-0.15, -0.1) is 0 Å². The van der Waals surface area contributed by atoms with Gasteiger partial charge >= 0.3 is 11.9 Å².